The number of hydrogen-bond acceptors (Lipinski definition) is 5. The number of likely N-dealkylation sites (tertiary alicyclic amines) is 1. The van der Waals surface area contributed by atoms with E-state index >= 15 is 0 Å². The van der Waals surface area contributed by atoms with Crippen LogP contribution in [0.25, 0.3) is 0 Å². The minimum atomic E-state index is -0.0919. The Hall–Kier alpha value is -2.35. The summed E-state index contributed by atoms with van der Waals surface area (Å²) in [7, 11) is 0. The number of hydrogen-bond donors (Lipinski definition) is 1. The van der Waals surface area contributed by atoms with Gasteiger partial charge in [0.2, 0.25) is 5.91 Å². The number of halogens is 1. The van der Waals surface area contributed by atoms with Crippen LogP contribution in [0.3, 0.4) is 0 Å². The molecule has 2 aromatic carbocycles. The summed E-state index contributed by atoms with van der Waals surface area (Å²) >= 11 is 7.57. The maximum atomic E-state index is 12.6. The van der Waals surface area contributed by atoms with Crippen molar-refractivity contribution in [3.05, 3.63) is 70.5 Å². The summed E-state index contributed by atoms with van der Waals surface area (Å²) < 4.78 is 2.14. The molecule has 0 spiro atoms. The fourth-order valence-corrected chi connectivity index (χ4v) is 4.60. The highest BCUT2D eigenvalue weighted by molar-refractivity contribution is 7.99. The number of carbonyl (C=O) groups excluding carboxylic acids is 1. The van der Waals surface area contributed by atoms with E-state index in [1.165, 1.54) is 30.2 Å². The average molecular weight is 456 g/mol. The summed E-state index contributed by atoms with van der Waals surface area (Å²) in [5.74, 6) is 1.10. The topological polar surface area (TPSA) is 63.1 Å². The predicted octanol–water partition coefficient (Wildman–Crippen LogP) is 4.61. The number of benzene rings is 2. The Morgan fingerprint density at radius 2 is 1.84 bits per heavy atom. The SMILES string of the molecule is Cc1c(Cl)cccc1NC(=O)CSc1nnc(CN2CCCC2)n1Cc1ccccc1. The lowest BCUT2D eigenvalue weighted by molar-refractivity contribution is -0.113. The van der Waals surface area contributed by atoms with Crippen molar-refractivity contribution in [1.82, 2.24) is 19.7 Å². The average Bonchev–Trinajstić information content (AvgIpc) is 3.42. The number of nitrogens with zero attached hydrogens (tertiary/aromatic N) is 4. The van der Waals surface area contributed by atoms with Gasteiger partial charge in [-0.05, 0) is 56.1 Å². The first-order valence-electron chi connectivity index (χ1n) is 10.5. The van der Waals surface area contributed by atoms with E-state index in [1.54, 1.807) is 0 Å². The normalized spacial score (nSPS) is 14.1. The summed E-state index contributed by atoms with van der Waals surface area (Å²) in [5.41, 5.74) is 2.78. The van der Waals surface area contributed by atoms with E-state index in [-0.39, 0.29) is 11.7 Å². The fourth-order valence-electron chi connectivity index (χ4n) is 3.67. The lowest BCUT2D eigenvalue weighted by Crippen LogP contribution is -2.22. The van der Waals surface area contributed by atoms with E-state index < -0.39 is 0 Å². The molecule has 0 aliphatic carbocycles. The number of nitrogens with one attached hydrogen (secondary N) is 1. The van der Waals surface area contributed by atoms with Crippen LogP contribution in [0.4, 0.5) is 5.69 Å². The summed E-state index contributed by atoms with van der Waals surface area (Å²) in [6.07, 6.45) is 2.47. The third kappa shape index (κ3) is 5.67. The molecule has 0 atom stereocenters. The van der Waals surface area contributed by atoms with Crippen molar-refractivity contribution < 1.29 is 4.79 Å². The van der Waals surface area contributed by atoms with E-state index in [9.17, 15) is 4.79 Å². The summed E-state index contributed by atoms with van der Waals surface area (Å²) in [5, 5.41) is 13.2. The van der Waals surface area contributed by atoms with Crippen LogP contribution in [0.15, 0.2) is 53.7 Å². The van der Waals surface area contributed by atoms with Crippen LogP contribution in [0.2, 0.25) is 5.02 Å². The van der Waals surface area contributed by atoms with Gasteiger partial charge in [-0.25, -0.2) is 0 Å². The van der Waals surface area contributed by atoms with Crippen molar-refractivity contribution >= 4 is 35.0 Å². The molecule has 1 aliphatic rings. The van der Waals surface area contributed by atoms with Crippen LogP contribution in [0.1, 0.15) is 29.8 Å². The zero-order valence-electron chi connectivity index (χ0n) is 17.6. The van der Waals surface area contributed by atoms with Gasteiger partial charge in [0.15, 0.2) is 5.16 Å². The molecule has 0 saturated carbocycles. The molecule has 31 heavy (non-hydrogen) atoms. The Kier molecular flexibility index (Phi) is 7.27. The zero-order valence-corrected chi connectivity index (χ0v) is 19.1. The van der Waals surface area contributed by atoms with Gasteiger partial charge in [0, 0.05) is 10.7 Å². The Balaban J connectivity index is 1.46. The molecule has 1 amide bonds. The molecule has 2 heterocycles. The molecule has 4 rings (SSSR count). The van der Waals surface area contributed by atoms with Crippen molar-refractivity contribution in [1.29, 1.82) is 0 Å². The van der Waals surface area contributed by atoms with Crippen molar-refractivity contribution in [2.45, 2.75) is 38.0 Å². The van der Waals surface area contributed by atoms with E-state index in [0.29, 0.717) is 11.6 Å². The van der Waals surface area contributed by atoms with Gasteiger partial charge in [-0.15, -0.1) is 10.2 Å². The molecule has 1 aromatic heterocycles. The largest absolute Gasteiger partial charge is 0.325 e. The second-order valence-corrected chi connectivity index (χ2v) is 9.05. The number of amides is 1. The Morgan fingerprint density at radius 3 is 2.61 bits per heavy atom. The van der Waals surface area contributed by atoms with E-state index in [4.69, 9.17) is 11.6 Å². The zero-order chi connectivity index (χ0) is 21.6. The molecule has 8 heteroatoms. The molecule has 6 nitrogen and oxygen atoms in total. The number of thioether (sulfide) groups is 1. The third-order valence-electron chi connectivity index (χ3n) is 5.41. The van der Waals surface area contributed by atoms with Gasteiger partial charge in [-0.2, -0.15) is 0 Å². The van der Waals surface area contributed by atoms with Crippen molar-refractivity contribution in [3.63, 3.8) is 0 Å². The van der Waals surface area contributed by atoms with Crippen LogP contribution >= 0.6 is 23.4 Å². The molecule has 0 bridgehead atoms. The van der Waals surface area contributed by atoms with Gasteiger partial charge in [-0.1, -0.05) is 59.8 Å². The maximum Gasteiger partial charge on any atom is 0.234 e. The Morgan fingerprint density at radius 1 is 1.06 bits per heavy atom. The van der Waals surface area contributed by atoms with Crippen LogP contribution in [0, 0.1) is 6.92 Å². The highest BCUT2D eigenvalue weighted by Gasteiger charge is 2.19. The van der Waals surface area contributed by atoms with Crippen molar-refractivity contribution in [3.8, 4) is 0 Å². The first-order valence-corrected chi connectivity index (χ1v) is 11.8. The minimum absolute atomic E-state index is 0.0919. The molecule has 3 aromatic rings. The standard InChI is InChI=1S/C23H26ClN5OS/c1-17-19(24)10-7-11-20(17)25-22(30)16-31-23-27-26-21(15-28-12-5-6-13-28)29(23)14-18-8-3-2-4-9-18/h2-4,7-11H,5-6,12-16H2,1H3,(H,25,30). The van der Waals surface area contributed by atoms with Gasteiger partial charge < -0.3 is 9.88 Å². The van der Waals surface area contributed by atoms with Gasteiger partial charge in [0.05, 0.1) is 18.8 Å². The van der Waals surface area contributed by atoms with Gasteiger partial charge in [0.25, 0.3) is 0 Å². The van der Waals surface area contributed by atoms with Gasteiger partial charge in [-0.3, -0.25) is 9.69 Å². The molecule has 1 N–H and O–H groups in total. The first-order chi connectivity index (χ1) is 15.1. The lowest BCUT2D eigenvalue weighted by Gasteiger charge is -2.16. The molecule has 0 radical (unpaired) electrons. The quantitative estimate of drug-likeness (QED) is 0.502. The molecule has 162 valence electrons. The number of aromatic nitrogens is 3. The number of rotatable bonds is 8. The fraction of sp³-hybridized carbons (Fsp3) is 0.348. The molecule has 1 saturated heterocycles. The maximum absolute atomic E-state index is 12.6. The van der Waals surface area contributed by atoms with E-state index in [2.05, 4.69) is 37.1 Å². The van der Waals surface area contributed by atoms with Gasteiger partial charge in [0.1, 0.15) is 5.82 Å². The Bertz CT molecular complexity index is 1030. The summed E-state index contributed by atoms with van der Waals surface area (Å²) in [4.78, 5) is 15.0. The van der Waals surface area contributed by atoms with E-state index in [1.807, 2.05) is 43.3 Å². The predicted molar refractivity (Wildman–Crippen MR) is 126 cm³/mol. The molecule has 0 unspecified atom stereocenters. The molecule has 1 aliphatic heterocycles. The molecular formula is C23H26ClN5OS. The minimum Gasteiger partial charge on any atom is -0.325 e. The highest BCUT2D eigenvalue weighted by atomic mass is 35.5. The molecular weight excluding hydrogens is 430 g/mol. The Labute approximate surface area is 192 Å². The second kappa shape index (κ2) is 10.3. The summed E-state index contributed by atoms with van der Waals surface area (Å²) in [6, 6.07) is 15.8. The van der Waals surface area contributed by atoms with Crippen LogP contribution in [0.5, 0.6) is 0 Å². The number of anilines is 1. The molecule has 1 fully saturated rings. The van der Waals surface area contributed by atoms with Crippen LogP contribution < -0.4 is 5.32 Å². The summed E-state index contributed by atoms with van der Waals surface area (Å²) in [6.45, 7) is 5.57. The van der Waals surface area contributed by atoms with Crippen LogP contribution in [-0.2, 0) is 17.9 Å². The second-order valence-electron chi connectivity index (χ2n) is 7.70. The van der Waals surface area contributed by atoms with Crippen molar-refractivity contribution in [2.24, 2.45) is 0 Å². The highest BCUT2D eigenvalue weighted by Crippen LogP contribution is 2.24. The first kappa shape index (κ1) is 21.9. The lowest BCUT2D eigenvalue weighted by atomic mass is 10.2. The van der Waals surface area contributed by atoms with Gasteiger partial charge >= 0.3 is 0 Å². The van der Waals surface area contributed by atoms with E-state index in [0.717, 1.165) is 41.9 Å². The van der Waals surface area contributed by atoms with Crippen molar-refractivity contribution in [2.75, 3.05) is 24.2 Å². The smallest absolute Gasteiger partial charge is 0.234 e. The number of carbonyl (C=O) groups is 1. The third-order valence-corrected chi connectivity index (χ3v) is 6.79. The van der Waals surface area contributed by atoms with Crippen LogP contribution in [-0.4, -0.2) is 44.4 Å². The monoisotopic (exact) mass is 455 g/mol.